The number of aryl methyl sites for hydroxylation is 1. The molecule has 0 fully saturated rings. The molecule has 1 nitrogen and oxygen atoms in total. The van der Waals surface area contributed by atoms with Crippen LogP contribution in [0.1, 0.15) is 19.4 Å². The van der Waals surface area contributed by atoms with Crippen molar-refractivity contribution in [3.63, 3.8) is 0 Å². The third-order valence-electron chi connectivity index (χ3n) is 1.03. The number of rotatable bonds is 0. The number of halogens is 1. The van der Waals surface area contributed by atoms with Crippen LogP contribution >= 0.6 is 11.6 Å². The lowest BCUT2D eigenvalue weighted by Crippen LogP contribution is -1.70. The fraction of sp³-hybridized carbons (Fsp3) is 0.333. The normalized spacial score (nSPS) is 8.36. The van der Waals surface area contributed by atoms with E-state index in [1.807, 2.05) is 20.8 Å². The standard InChI is InChI=1S/C7H7ClO.C2H6/c1-5-2-6(8)4-7(9)3-5;1-2/h2-4,9H,1H3;1-2H3. The Hall–Kier alpha value is -0.690. The predicted molar refractivity (Wildman–Crippen MR) is 49.2 cm³/mol. The van der Waals surface area contributed by atoms with Gasteiger partial charge < -0.3 is 5.11 Å². The van der Waals surface area contributed by atoms with Crippen LogP contribution in [0.15, 0.2) is 18.2 Å². The van der Waals surface area contributed by atoms with Gasteiger partial charge in [-0.2, -0.15) is 0 Å². The maximum Gasteiger partial charge on any atom is 0.117 e. The second kappa shape index (κ2) is 5.03. The van der Waals surface area contributed by atoms with E-state index in [0.717, 1.165) is 5.56 Å². The maximum atomic E-state index is 8.91. The van der Waals surface area contributed by atoms with Gasteiger partial charge in [0.25, 0.3) is 0 Å². The Kier molecular flexibility index (Phi) is 4.71. The van der Waals surface area contributed by atoms with Gasteiger partial charge >= 0.3 is 0 Å². The molecule has 11 heavy (non-hydrogen) atoms. The summed E-state index contributed by atoms with van der Waals surface area (Å²) < 4.78 is 0. The van der Waals surface area contributed by atoms with E-state index in [1.165, 1.54) is 6.07 Å². The van der Waals surface area contributed by atoms with E-state index in [4.69, 9.17) is 16.7 Å². The number of benzene rings is 1. The molecule has 0 unspecified atom stereocenters. The van der Waals surface area contributed by atoms with Crippen molar-refractivity contribution >= 4 is 11.6 Å². The molecule has 0 aliphatic rings. The van der Waals surface area contributed by atoms with Gasteiger partial charge in [0.1, 0.15) is 5.75 Å². The molecule has 0 amide bonds. The van der Waals surface area contributed by atoms with Crippen LogP contribution in [-0.2, 0) is 0 Å². The van der Waals surface area contributed by atoms with E-state index < -0.39 is 0 Å². The highest BCUT2D eigenvalue weighted by molar-refractivity contribution is 6.30. The minimum absolute atomic E-state index is 0.222. The van der Waals surface area contributed by atoms with Crippen LogP contribution in [-0.4, -0.2) is 5.11 Å². The molecule has 0 radical (unpaired) electrons. The first-order valence-corrected chi connectivity index (χ1v) is 4.02. The van der Waals surface area contributed by atoms with Gasteiger partial charge in [-0.1, -0.05) is 25.4 Å². The number of phenols is 1. The van der Waals surface area contributed by atoms with Gasteiger partial charge in [-0.15, -0.1) is 0 Å². The fourth-order valence-corrected chi connectivity index (χ4v) is 1.00. The van der Waals surface area contributed by atoms with Crippen LogP contribution in [0.3, 0.4) is 0 Å². The first-order chi connectivity index (χ1) is 5.18. The first-order valence-electron chi connectivity index (χ1n) is 3.64. The van der Waals surface area contributed by atoms with Crippen LogP contribution in [0, 0.1) is 6.92 Å². The van der Waals surface area contributed by atoms with Crippen molar-refractivity contribution < 1.29 is 5.11 Å². The second-order valence-corrected chi connectivity index (χ2v) is 2.42. The number of phenolic OH excluding ortho intramolecular Hbond substituents is 1. The largest absolute Gasteiger partial charge is 0.508 e. The Bertz CT molecular complexity index is 170. The fourth-order valence-electron chi connectivity index (χ4n) is 0.717. The third kappa shape index (κ3) is 3.89. The molecule has 2 heteroatoms. The Morgan fingerprint density at radius 1 is 1.18 bits per heavy atom. The van der Waals surface area contributed by atoms with Crippen molar-refractivity contribution in [2.45, 2.75) is 20.8 Å². The molecule has 0 bridgehead atoms. The molecule has 0 saturated carbocycles. The van der Waals surface area contributed by atoms with Gasteiger partial charge in [-0.05, 0) is 30.7 Å². The summed E-state index contributed by atoms with van der Waals surface area (Å²) in [5.41, 5.74) is 0.972. The molecule has 0 aliphatic carbocycles. The average Bonchev–Trinajstić information content (AvgIpc) is 1.88. The van der Waals surface area contributed by atoms with Crippen molar-refractivity contribution in [2.75, 3.05) is 0 Å². The summed E-state index contributed by atoms with van der Waals surface area (Å²) in [6.07, 6.45) is 0. The Balaban J connectivity index is 0.000000461. The summed E-state index contributed by atoms with van der Waals surface area (Å²) in [4.78, 5) is 0. The number of aromatic hydroxyl groups is 1. The van der Waals surface area contributed by atoms with Crippen molar-refractivity contribution in [2.24, 2.45) is 0 Å². The van der Waals surface area contributed by atoms with Crippen LogP contribution < -0.4 is 0 Å². The van der Waals surface area contributed by atoms with E-state index in [2.05, 4.69) is 0 Å². The summed E-state index contributed by atoms with van der Waals surface area (Å²) in [5.74, 6) is 0.222. The van der Waals surface area contributed by atoms with Gasteiger partial charge in [0.2, 0.25) is 0 Å². The van der Waals surface area contributed by atoms with E-state index >= 15 is 0 Å². The lowest BCUT2D eigenvalue weighted by Gasteiger charge is -1.94. The van der Waals surface area contributed by atoms with Crippen molar-refractivity contribution in [1.29, 1.82) is 0 Å². The summed E-state index contributed by atoms with van der Waals surface area (Å²) in [5, 5.41) is 9.49. The summed E-state index contributed by atoms with van der Waals surface area (Å²) in [6.45, 7) is 5.88. The van der Waals surface area contributed by atoms with E-state index in [0.29, 0.717) is 5.02 Å². The van der Waals surface area contributed by atoms with Gasteiger partial charge in [-0.25, -0.2) is 0 Å². The highest BCUT2D eigenvalue weighted by Gasteiger charge is 1.91. The Morgan fingerprint density at radius 3 is 2.09 bits per heavy atom. The number of hydrogen-bond donors (Lipinski definition) is 1. The van der Waals surface area contributed by atoms with E-state index in [9.17, 15) is 0 Å². The van der Waals surface area contributed by atoms with Gasteiger partial charge in [0, 0.05) is 5.02 Å². The molecule has 62 valence electrons. The molecule has 0 saturated heterocycles. The smallest absolute Gasteiger partial charge is 0.117 e. The summed E-state index contributed by atoms with van der Waals surface area (Å²) in [6, 6.07) is 4.96. The molecule has 0 aromatic heterocycles. The highest BCUT2D eigenvalue weighted by Crippen LogP contribution is 2.18. The zero-order valence-corrected chi connectivity index (χ0v) is 7.81. The zero-order chi connectivity index (χ0) is 8.85. The molecule has 0 spiro atoms. The number of hydrogen-bond acceptors (Lipinski definition) is 1. The van der Waals surface area contributed by atoms with E-state index in [-0.39, 0.29) is 5.75 Å². The Labute approximate surface area is 72.6 Å². The molecule has 0 heterocycles. The van der Waals surface area contributed by atoms with Crippen molar-refractivity contribution in [3.05, 3.63) is 28.8 Å². The predicted octanol–water partition coefficient (Wildman–Crippen LogP) is 3.38. The maximum absolute atomic E-state index is 8.91. The summed E-state index contributed by atoms with van der Waals surface area (Å²) >= 11 is 5.59. The van der Waals surface area contributed by atoms with Crippen LogP contribution in [0.2, 0.25) is 5.02 Å². The van der Waals surface area contributed by atoms with Gasteiger partial charge in [-0.3, -0.25) is 0 Å². The van der Waals surface area contributed by atoms with Crippen LogP contribution in [0.25, 0.3) is 0 Å². The monoisotopic (exact) mass is 172 g/mol. The second-order valence-electron chi connectivity index (χ2n) is 1.99. The van der Waals surface area contributed by atoms with Gasteiger partial charge in [0.15, 0.2) is 0 Å². The molecular formula is C9H13ClO. The quantitative estimate of drug-likeness (QED) is 0.636. The van der Waals surface area contributed by atoms with Crippen molar-refractivity contribution in [3.8, 4) is 5.75 Å². The molecule has 0 aliphatic heterocycles. The highest BCUT2D eigenvalue weighted by atomic mass is 35.5. The molecule has 1 rings (SSSR count). The lowest BCUT2D eigenvalue weighted by atomic mass is 10.2. The average molecular weight is 173 g/mol. The van der Waals surface area contributed by atoms with Crippen LogP contribution in [0.5, 0.6) is 5.75 Å². The zero-order valence-electron chi connectivity index (χ0n) is 7.06. The molecule has 1 aromatic carbocycles. The first kappa shape index (κ1) is 10.3. The van der Waals surface area contributed by atoms with Crippen LogP contribution in [0.4, 0.5) is 0 Å². The Morgan fingerprint density at radius 2 is 1.73 bits per heavy atom. The SMILES string of the molecule is CC.Cc1cc(O)cc(Cl)c1. The molecule has 0 atom stereocenters. The topological polar surface area (TPSA) is 20.2 Å². The summed E-state index contributed by atoms with van der Waals surface area (Å²) in [7, 11) is 0. The van der Waals surface area contributed by atoms with E-state index in [1.54, 1.807) is 12.1 Å². The molecule has 1 aromatic rings. The van der Waals surface area contributed by atoms with Crippen molar-refractivity contribution in [1.82, 2.24) is 0 Å². The minimum atomic E-state index is 0.222. The lowest BCUT2D eigenvalue weighted by molar-refractivity contribution is 0.475. The molecular weight excluding hydrogens is 160 g/mol. The van der Waals surface area contributed by atoms with Gasteiger partial charge in [0.05, 0.1) is 0 Å². The minimum Gasteiger partial charge on any atom is -0.508 e. The third-order valence-corrected chi connectivity index (χ3v) is 1.25. The molecule has 1 N–H and O–H groups in total.